The normalized spacial score (nSPS) is 18.8. The smallest absolute Gasteiger partial charge is 0.255 e. The summed E-state index contributed by atoms with van der Waals surface area (Å²) in [6.45, 7) is 5.61. The first-order chi connectivity index (χ1) is 17.7. The van der Waals surface area contributed by atoms with Gasteiger partial charge in [-0.3, -0.25) is 9.69 Å². The summed E-state index contributed by atoms with van der Waals surface area (Å²) in [6.07, 6.45) is 3.86. The van der Waals surface area contributed by atoms with Gasteiger partial charge in [-0.2, -0.15) is 8.61 Å². The van der Waals surface area contributed by atoms with E-state index in [9.17, 15) is 21.6 Å². The number of hydrogen-bond acceptors (Lipinski definition) is 6. The molecule has 0 atom stereocenters. The van der Waals surface area contributed by atoms with Gasteiger partial charge < -0.3 is 5.32 Å². The molecule has 1 amide bonds. The van der Waals surface area contributed by atoms with Crippen molar-refractivity contribution in [1.29, 1.82) is 0 Å². The first-order valence-electron chi connectivity index (χ1n) is 12.9. The summed E-state index contributed by atoms with van der Waals surface area (Å²) in [6, 6.07) is 13.7. The van der Waals surface area contributed by atoms with E-state index < -0.39 is 20.0 Å². The lowest BCUT2D eigenvalue weighted by molar-refractivity contribution is 0.102. The van der Waals surface area contributed by atoms with Gasteiger partial charge in [-0.1, -0.05) is 25.0 Å². The van der Waals surface area contributed by atoms with Crippen molar-refractivity contribution < 1.29 is 21.6 Å². The van der Waals surface area contributed by atoms with Crippen LogP contribution in [0.25, 0.3) is 0 Å². The molecule has 1 N–H and O–H groups in total. The summed E-state index contributed by atoms with van der Waals surface area (Å²) >= 11 is 0. The van der Waals surface area contributed by atoms with Crippen molar-refractivity contribution in [3.8, 4) is 0 Å². The average Bonchev–Trinajstić information content (AvgIpc) is 3.20. The van der Waals surface area contributed by atoms with Gasteiger partial charge in [-0.15, -0.1) is 0 Å². The van der Waals surface area contributed by atoms with Gasteiger partial charge in [0.25, 0.3) is 5.91 Å². The molecular weight excluding hydrogens is 512 g/mol. The van der Waals surface area contributed by atoms with Gasteiger partial charge in [0, 0.05) is 57.1 Å². The Balaban J connectivity index is 1.35. The minimum Gasteiger partial charge on any atom is -0.322 e. The van der Waals surface area contributed by atoms with Crippen molar-refractivity contribution in [2.45, 2.75) is 44.0 Å². The van der Waals surface area contributed by atoms with Crippen LogP contribution in [0.3, 0.4) is 0 Å². The maximum Gasteiger partial charge on any atom is 0.255 e. The molecule has 0 bridgehead atoms. The van der Waals surface area contributed by atoms with Crippen LogP contribution in [0, 0.1) is 0 Å². The largest absolute Gasteiger partial charge is 0.322 e. The van der Waals surface area contributed by atoms with E-state index in [0.717, 1.165) is 31.2 Å². The summed E-state index contributed by atoms with van der Waals surface area (Å²) in [7, 11) is -6.70. The molecular formula is C26H36N4O5S2. The zero-order valence-corrected chi connectivity index (χ0v) is 22.9. The van der Waals surface area contributed by atoms with Gasteiger partial charge in [-0.25, -0.2) is 16.8 Å². The van der Waals surface area contributed by atoms with E-state index in [1.54, 1.807) is 41.6 Å². The van der Waals surface area contributed by atoms with Crippen LogP contribution in [0.1, 0.15) is 48.5 Å². The molecule has 2 aromatic rings. The van der Waals surface area contributed by atoms with E-state index in [4.69, 9.17) is 0 Å². The Morgan fingerprint density at radius 3 is 2.08 bits per heavy atom. The Labute approximate surface area is 220 Å². The van der Waals surface area contributed by atoms with Gasteiger partial charge in [0.15, 0.2) is 0 Å². The number of benzene rings is 2. The Bertz CT molecular complexity index is 1280. The standard InChI is InChI=1S/C26H36N4O5S2/c1-2-36(32,33)29-18-16-28(17-19-29)21-22-8-7-9-23(20-22)26(31)27-24-10-12-25(13-11-24)37(34,35)30-14-5-3-4-6-15-30/h7-13,20H,2-6,14-19,21H2,1H3,(H,27,31). The number of carbonyl (C=O) groups excluding carboxylic acids is 1. The molecule has 2 aliphatic heterocycles. The molecule has 37 heavy (non-hydrogen) atoms. The van der Waals surface area contributed by atoms with Crippen LogP contribution in [0.5, 0.6) is 0 Å². The van der Waals surface area contributed by atoms with Crippen molar-refractivity contribution in [3.05, 3.63) is 59.7 Å². The Morgan fingerprint density at radius 1 is 0.811 bits per heavy atom. The molecule has 9 nitrogen and oxygen atoms in total. The van der Waals surface area contributed by atoms with Crippen molar-refractivity contribution in [2.24, 2.45) is 0 Å². The van der Waals surface area contributed by atoms with E-state index >= 15 is 0 Å². The van der Waals surface area contributed by atoms with E-state index in [1.807, 2.05) is 18.2 Å². The Morgan fingerprint density at radius 2 is 1.46 bits per heavy atom. The maximum atomic E-state index is 13.0. The molecule has 0 unspecified atom stereocenters. The quantitative estimate of drug-likeness (QED) is 0.544. The molecule has 2 aromatic carbocycles. The van der Waals surface area contributed by atoms with Crippen LogP contribution >= 0.6 is 0 Å². The predicted molar refractivity (Wildman–Crippen MR) is 144 cm³/mol. The summed E-state index contributed by atoms with van der Waals surface area (Å²) in [5.74, 6) is -0.162. The molecule has 2 aliphatic rings. The molecule has 2 heterocycles. The number of carbonyl (C=O) groups is 1. The fourth-order valence-electron chi connectivity index (χ4n) is 4.76. The van der Waals surface area contributed by atoms with Gasteiger partial charge in [-0.05, 0) is 61.7 Å². The van der Waals surface area contributed by atoms with Crippen LogP contribution in [0.2, 0.25) is 0 Å². The van der Waals surface area contributed by atoms with Crippen molar-refractivity contribution in [2.75, 3.05) is 50.3 Å². The van der Waals surface area contributed by atoms with E-state index in [0.29, 0.717) is 57.1 Å². The van der Waals surface area contributed by atoms with E-state index in [-0.39, 0.29) is 16.6 Å². The lowest BCUT2D eigenvalue weighted by Gasteiger charge is -2.33. The molecule has 0 spiro atoms. The number of anilines is 1. The summed E-state index contributed by atoms with van der Waals surface area (Å²) < 4.78 is 53.2. The number of hydrogen-bond donors (Lipinski definition) is 1. The second-order valence-corrected chi connectivity index (χ2v) is 13.8. The van der Waals surface area contributed by atoms with E-state index in [1.165, 1.54) is 4.31 Å². The zero-order chi connectivity index (χ0) is 26.5. The highest BCUT2D eigenvalue weighted by Gasteiger charge is 2.26. The predicted octanol–water partition coefficient (Wildman–Crippen LogP) is 2.97. The lowest BCUT2D eigenvalue weighted by Crippen LogP contribution is -2.48. The third-order valence-corrected chi connectivity index (χ3v) is 10.8. The summed E-state index contributed by atoms with van der Waals surface area (Å²) in [5, 5.41) is 2.85. The summed E-state index contributed by atoms with van der Waals surface area (Å²) in [4.78, 5) is 15.3. The second-order valence-electron chi connectivity index (χ2n) is 9.57. The SMILES string of the molecule is CCS(=O)(=O)N1CCN(Cc2cccc(C(=O)Nc3ccc(S(=O)(=O)N4CCCCCC4)cc3)c2)CC1. The first kappa shape index (κ1) is 27.7. The monoisotopic (exact) mass is 548 g/mol. The molecule has 2 saturated heterocycles. The van der Waals surface area contributed by atoms with Crippen molar-refractivity contribution in [1.82, 2.24) is 13.5 Å². The fourth-order valence-corrected chi connectivity index (χ4v) is 7.36. The molecule has 0 aromatic heterocycles. The molecule has 11 heteroatoms. The number of sulfonamides is 2. The molecule has 2 fully saturated rings. The highest BCUT2D eigenvalue weighted by Crippen LogP contribution is 2.22. The fraction of sp³-hybridized carbons (Fsp3) is 0.500. The number of piperazine rings is 1. The Hall–Kier alpha value is -2.31. The van der Waals surface area contributed by atoms with Crippen LogP contribution in [0.4, 0.5) is 5.69 Å². The van der Waals surface area contributed by atoms with Crippen LogP contribution in [-0.4, -0.2) is 81.3 Å². The number of amides is 1. The van der Waals surface area contributed by atoms with Crippen molar-refractivity contribution >= 4 is 31.6 Å². The molecule has 0 radical (unpaired) electrons. The van der Waals surface area contributed by atoms with Crippen LogP contribution in [0.15, 0.2) is 53.4 Å². The lowest BCUT2D eigenvalue weighted by atomic mass is 10.1. The van der Waals surface area contributed by atoms with Crippen LogP contribution in [-0.2, 0) is 26.6 Å². The highest BCUT2D eigenvalue weighted by atomic mass is 32.2. The molecule has 4 rings (SSSR count). The maximum absolute atomic E-state index is 13.0. The molecule has 202 valence electrons. The van der Waals surface area contributed by atoms with Gasteiger partial charge >= 0.3 is 0 Å². The minimum absolute atomic E-state index is 0.112. The first-order valence-corrected chi connectivity index (χ1v) is 15.9. The van der Waals surface area contributed by atoms with Gasteiger partial charge in [0.1, 0.15) is 0 Å². The summed E-state index contributed by atoms with van der Waals surface area (Å²) in [5.41, 5.74) is 2.00. The number of nitrogens with zero attached hydrogens (tertiary/aromatic N) is 3. The average molecular weight is 549 g/mol. The topological polar surface area (TPSA) is 107 Å². The Kier molecular flexibility index (Phi) is 9.02. The van der Waals surface area contributed by atoms with Crippen molar-refractivity contribution in [3.63, 3.8) is 0 Å². The van der Waals surface area contributed by atoms with E-state index in [2.05, 4.69) is 10.2 Å². The molecule has 0 aliphatic carbocycles. The number of rotatable bonds is 8. The number of nitrogens with one attached hydrogen (secondary N) is 1. The van der Waals surface area contributed by atoms with Crippen LogP contribution < -0.4 is 5.32 Å². The minimum atomic E-state index is -3.54. The zero-order valence-electron chi connectivity index (χ0n) is 21.3. The van der Waals surface area contributed by atoms with Gasteiger partial charge in [0.2, 0.25) is 20.0 Å². The van der Waals surface area contributed by atoms with Gasteiger partial charge in [0.05, 0.1) is 10.6 Å². The third-order valence-electron chi connectivity index (χ3n) is 7.00. The second kappa shape index (κ2) is 12.0. The molecule has 0 saturated carbocycles. The third kappa shape index (κ3) is 6.97. The highest BCUT2D eigenvalue weighted by molar-refractivity contribution is 7.89.